The van der Waals surface area contributed by atoms with Gasteiger partial charge in [0.05, 0.1) is 11.6 Å². The number of nitriles is 1. The number of rotatable bonds is 3. The molecule has 1 aliphatic rings. The van der Waals surface area contributed by atoms with Crippen LogP contribution in [-0.4, -0.2) is 22.5 Å². The van der Waals surface area contributed by atoms with Gasteiger partial charge in [-0.05, 0) is 37.7 Å². The van der Waals surface area contributed by atoms with Gasteiger partial charge in [0.15, 0.2) is 0 Å². The lowest BCUT2D eigenvalue weighted by atomic mass is 10.2. The molecule has 3 nitrogen and oxygen atoms in total. The van der Waals surface area contributed by atoms with Gasteiger partial charge in [-0.2, -0.15) is 17.0 Å². The molecule has 0 aromatic carbocycles. The van der Waals surface area contributed by atoms with Crippen LogP contribution in [0.15, 0.2) is 18.3 Å². The van der Waals surface area contributed by atoms with Gasteiger partial charge in [0.1, 0.15) is 5.82 Å². The second-order valence-electron chi connectivity index (χ2n) is 4.05. The molecule has 1 aromatic rings. The van der Waals surface area contributed by atoms with Crippen LogP contribution in [0, 0.1) is 11.3 Å². The van der Waals surface area contributed by atoms with Gasteiger partial charge in [-0.3, -0.25) is 0 Å². The van der Waals surface area contributed by atoms with Crippen LogP contribution < -0.4 is 5.32 Å². The Hall–Kier alpha value is -1.21. The first-order valence-corrected chi connectivity index (χ1v) is 6.76. The van der Waals surface area contributed by atoms with Crippen molar-refractivity contribution in [1.29, 1.82) is 5.26 Å². The van der Waals surface area contributed by atoms with Crippen LogP contribution in [0.5, 0.6) is 0 Å². The first kappa shape index (κ1) is 11.3. The number of pyridine rings is 1. The van der Waals surface area contributed by atoms with Crippen LogP contribution in [0.2, 0.25) is 0 Å². The summed E-state index contributed by atoms with van der Waals surface area (Å²) in [5.41, 5.74) is 0.664. The molecule has 1 heterocycles. The Morgan fingerprint density at radius 2 is 2.44 bits per heavy atom. The molecule has 2 rings (SSSR count). The van der Waals surface area contributed by atoms with Gasteiger partial charge in [-0.1, -0.05) is 0 Å². The van der Waals surface area contributed by atoms with Crippen LogP contribution >= 0.6 is 11.8 Å². The second kappa shape index (κ2) is 5.22. The van der Waals surface area contributed by atoms with Crippen molar-refractivity contribution in [1.82, 2.24) is 4.98 Å². The summed E-state index contributed by atoms with van der Waals surface area (Å²) >= 11 is 1.94. The van der Waals surface area contributed by atoms with Gasteiger partial charge < -0.3 is 5.32 Å². The van der Waals surface area contributed by atoms with E-state index in [1.54, 1.807) is 12.3 Å². The maximum atomic E-state index is 8.79. The SMILES string of the molecule is CSC1CCC(Nc2cc(C#N)ccn2)C1. The normalized spacial score (nSPS) is 24.0. The van der Waals surface area contributed by atoms with Crippen molar-refractivity contribution in [3.8, 4) is 6.07 Å². The van der Waals surface area contributed by atoms with E-state index in [1.807, 2.05) is 17.8 Å². The van der Waals surface area contributed by atoms with Crippen molar-refractivity contribution in [3.63, 3.8) is 0 Å². The lowest BCUT2D eigenvalue weighted by Gasteiger charge is -2.13. The van der Waals surface area contributed by atoms with Crippen LogP contribution in [0.3, 0.4) is 0 Å². The van der Waals surface area contributed by atoms with Crippen molar-refractivity contribution in [2.24, 2.45) is 0 Å². The molecule has 0 radical (unpaired) electrons. The molecule has 0 amide bonds. The Kier molecular flexibility index (Phi) is 3.68. The highest BCUT2D eigenvalue weighted by Gasteiger charge is 2.23. The van der Waals surface area contributed by atoms with E-state index in [0.717, 1.165) is 11.1 Å². The largest absolute Gasteiger partial charge is 0.367 e. The number of hydrogen-bond acceptors (Lipinski definition) is 4. The molecule has 1 N–H and O–H groups in total. The molecular weight excluding hydrogens is 218 g/mol. The molecule has 16 heavy (non-hydrogen) atoms. The zero-order valence-electron chi connectivity index (χ0n) is 9.31. The van der Waals surface area contributed by atoms with E-state index in [1.165, 1.54) is 19.3 Å². The van der Waals surface area contributed by atoms with Crippen LogP contribution in [0.4, 0.5) is 5.82 Å². The first-order valence-electron chi connectivity index (χ1n) is 5.47. The quantitative estimate of drug-likeness (QED) is 0.872. The van der Waals surface area contributed by atoms with Gasteiger partial charge in [-0.25, -0.2) is 4.98 Å². The summed E-state index contributed by atoms with van der Waals surface area (Å²) in [7, 11) is 0. The maximum Gasteiger partial charge on any atom is 0.127 e. The van der Waals surface area contributed by atoms with Crippen LogP contribution in [0.25, 0.3) is 0 Å². The summed E-state index contributed by atoms with van der Waals surface area (Å²) in [4.78, 5) is 4.23. The van der Waals surface area contributed by atoms with E-state index < -0.39 is 0 Å². The Balaban J connectivity index is 1.97. The summed E-state index contributed by atoms with van der Waals surface area (Å²) < 4.78 is 0. The topological polar surface area (TPSA) is 48.7 Å². The lowest BCUT2D eigenvalue weighted by molar-refractivity contribution is 0.752. The third-order valence-electron chi connectivity index (χ3n) is 2.96. The molecule has 0 aliphatic heterocycles. The van der Waals surface area contributed by atoms with Gasteiger partial charge in [0, 0.05) is 17.5 Å². The van der Waals surface area contributed by atoms with E-state index >= 15 is 0 Å². The predicted octanol–water partition coefficient (Wildman–Crippen LogP) is 2.65. The number of aromatic nitrogens is 1. The fraction of sp³-hybridized carbons (Fsp3) is 0.500. The zero-order valence-corrected chi connectivity index (χ0v) is 10.1. The molecule has 1 saturated carbocycles. The van der Waals surface area contributed by atoms with E-state index in [2.05, 4.69) is 22.6 Å². The second-order valence-corrected chi connectivity index (χ2v) is 5.19. The summed E-state index contributed by atoms with van der Waals surface area (Å²) in [5.74, 6) is 0.825. The third kappa shape index (κ3) is 2.67. The Morgan fingerprint density at radius 1 is 1.56 bits per heavy atom. The number of anilines is 1. The molecule has 0 bridgehead atoms. The highest BCUT2D eigenvalue weighted by molar-refractivity contribution is 7.99. The number of nitrogens with one attached hydrogen (secondary N) is 1. The molecule has 1 aromatic heterocycles. The standard InChI is InChI=1S/C12H15N3S/c1-16-11-3-2-10(7-11)15-12-6-9(8-13)4-5-14-12/h4-6,10-11H,2-3,7H2,1H3,(H,14,15). The minimum absolute atomic E-state index is 0.513. The van der Waals surface area contributed by atoms with Crippen LogP contribution in [0.1, 0.15) is 24.8 Å². The Labute approximate surface area is 100 Å². The van der Waals surface area contributed by atoms with E-state index in [9.17, 15) is 0 Å². The molecule has 2 unspecified atom stereocenters. The molecule has 1 aliphatic carbocycles. The van der Waals surface area contributed by atoms with Gasteiger partial charge in [0.25, 0.3) is 0 Å². The van der Waals surface area contributed by atoms with E-state index in [-0.39, 0.29) is 0 Å². The van der Waals surface area contributed by atoms with Crippen LogP contribution in [-0.2, 0) is 0 Å². The number of hydrogen-bond donors (Lipinski definition) is 1. The average Bonchev–Trinajstić information content (AvgIpc) is 2.77. The van der Waals surface area contributed by atoms with Gasteiger partial charge in [-0.15, -0.1) is 0 Å². The van der Waals surface area contributed by atoms with Crippen molar-refractivity contribution in [2.45, 2.75) is 30.6 Å². The van der Waals surface area contributed by atoms with Crippen molar-refractivity contribution >= 4 is 17.6 Å². The lowest BCUT2D eigenvalue weighted by Crippen LogP contribution is -2.16. The minimum Gasteiger partial charge on any atom is -0.367 e. The third-order valence-corrected chi connectivity index (χ3v) is 4.05. The molecule has 2 atom stereocenters. The van der Waals surface area contributed by atoms with Gasteiger partial charge in [0.2, 0.25) is 0 Å². The van der Waals surface area contributed by atoms with Gasteiger partial charge >= 0.3 is 0 Å². The smallest absolute Gasteiger partial charge is 0.127 e. The molecule has 84 valence electrons. The Bertz CT molecular complexity index is 399. The average molecular weight is 233 g/mol. The monoisotopic (exact) mass is 233 g/mol. The summed E-state index contributed by atoms with van der Waals surface area (Å²) in [6, 6.07) is 6.18. The fourth-order valence-electron chi connectivity index (χ4n) is 2.07. The maximum absolute atomic E-state index is 8.79. The molecule has 0 saturated heterocycles. The number of thioether (sulfide) groups is 1. The van der Waals surface area contributed by atoms with E-state index in [4.69, 9.17) is 5.26 Å². The number of nitrogens with zero attached hydrogens (tertiary/aromatic N) is 2. The van der Waals surface area contributed by atoms with Crippen molar-refractivity contribution in [2.75, 3.05) is 11.6 Å². The molecule has 4 heteroatoms. The molecule has 0 spiro atoms. The summed E-state index contributed by atoms with van der Waals surface area (Å²) in [6.07, 6.45) is 7.52. The molecular formula is C12H15N3S. The summed E-state index contributed by atoms with van der Waals surface area (Å²) in [5, 5.41) is 13.0. The minimum atomic E-state index is 0.513. The highest BCUT2D eigenvalue weighted by Crippen LogP contribution is 2.29. The first-order chi connectivity index (χ1) is 7.81. The molecule has 1 fully saturated rings. The highest BCUT2D eigenvalue weighted by atomic mass is 32.2. The van der Waals surface area contributed by atoms with Crippen molar-refractivity contribution < 1.29 is 0 Å². The zero-order chi connectivity index (χ0) is 11.4. The fourth-order valence-corrected chi connectivity index (χ4v) is 2.87. The van der Waals surface area contributed by atoms with E-state index in [0.29, 0.717) is 11.6 Å². The Morgan fingerprint density at radius 3 is 3.12 bits per heavy atom. The summed E-state index contributed by atoms with van der Waals surface area (Å²) in [6.45, 7) is 0. The predicted molar refractivity (Wildman–Crippen MR) is 67.5 cm³/mol. The van der Waals surface area contributed by atoms with Crippen molar-refractivity contribution in [3.05, 3.63) is 23.9 Å².